The van der Waals surface area contributed by atoms with Crippen LogP contribution in [0.4, 0.5) is 0 Å². The zero-order valence-electron chi connectivity index (χ0n) is 10.9. The summed E-state index contributed by atoms with van der Waals surface area (Å²) in [7, 11) is 1.40. The number of esters is 1. The first kappa shape index (κ1) is 14.4. The van der Waals surface area contributed by atoms with Crippen molar-refractivity contribution in [3.63, 3.8) is 0 Å². The van der Waals surface area contributed by atoms with Crippen LogP contribution in [-0.2, 0) is 14.3 Å². The van der Waals surface area contributed by atoms with Crippen molar-refractivity contribution in [2.24, 2.45) is 5.73 Å². The number of carbonyl (C=O) groups excluding carboxylic acids is 1. The highest BCUT2D eigenvalue weighted by atomic mass is 16.5. The predicted octanol–water partition coefficient (Wildman–Crippen LogP) is 0.378. The van der Waals surface area contributed by atoms with Crippen molar-refractivity contribution in [3.8, 4) is 0 Å². The molecule has 2 N–H and O–H groups in total. The molecule has 17 heavy (non-hydrogen) atoms. The first-order chi connectivity index (χ1) is 8.22. The Labute approximate surface area is 103 Å². The number of hydrogen-bond donors (Lipinski definition) is 1. The zero-order valence-corrected chi connectivity index (χ0v) is 10.9. The summed E-state index contributed by atoms with van der Waals surface area (Å²) in [6.45, 7) is 4.84. The average Bonchev–Trinajstić information content (AvgIpc) is 2.37. The second-order valence-corrected chi connectivity index (χ2v) is 4.40. The van der Waals surface area contributed by atoms with Crippen LogP contribution in [0.2, 0.25) is 0 Å². The third-order valence-corrected chi connectivity index (χ3v) is 3.10. The van der Waals surface area contributed by atoms with E-state index < -0.39 is 0 Å². The molecular weight excluding hydrogens is 220 g/mol. The second-order valence-electron chi connectivity index (χ2n) is 4.40. The van der Waals surface area contributed by atoms with Gasteiger partial charge in [-0.25, -0.2) is 0 Å². The molecule has 1 saturated heterocycles. The molecular formula is C12H24N2O3. The lowest BCUT2D eigenvalue weighted by atomic mass is 10.1. The molecule has 100 valence electrons. The van der Waals surface area contributed by atoms with Crippen LogP contribution in [0.25, 0.3) is 0 Å². The van der Waals surface area contributed by atoms with E-state index in [2.05, 4.69) is 11.8 Å². The topological polar surface area (TPSA) is 64.8 Å². The quantitative estimate of drug-likeness (QED) is 0.684. The summed E-state index contributed by atoms with van der Waals surface area (Å²) in [5.74, 6) is -0.247. The van der Waals surface area contributed by atoms with Gasteiger partial charge in [0.25, 0.3) is 0 Å². The van der Waals surface area contributed by atoms with Crippen molar-refractivity contribution >= 4 is 5.97 Å². The molecule has 0 saturated carbocycles. The fourth-order valence-corrected chi connectivity index (χ4v) is 2.20. The van der Waals surface area contributed by atoms with Gasteiger partial charge in [0.15, 0.2) is 0 Å². The van der Waals surface area contributed by atoms with E-state index in [0.717, 1.165) is 39.0 Å². The molecule has 1 heterocycles. The van der Waals surface area contributed by atoms with Gasteiger partial charge in [-0.3, -0.25) is 9.69 Å². The van der Waals surface area contributed by atoms with Crippen molar-refractivity contribution in [1.82, 2.24) is 4.90 Å². The van der Waals surface area contributed by atoms with Gasteiger partial charge in [0.1, 0.15) is 6.04 Å². The highest BCUT2D eigenvalue weighted by Crippen LogP contribution is 2.16. The summed E-state index contributed by atoms with van der Waals surface area (Å²) in [6, 6.07) is -0.326. The fourth-order valence-electron chi connectivity index (χ4n) is 2.20. The van der Waals surface area contributed by atoms with E-state index >= 15 is 0 Å². The summed E-state index contributed by atoms with van der Waals surface area (Å²) < 4.78 is 10.5. The van der Waals surface area contributed by atoms with Crippen LogP contribution in [0.5, 0.6) is 0 Å². The molecule has 5 heteroatoms. The SMILES string of the molecule is CCCOC1CCCN(C(CN)C(=O)OC)C1. The molecule has 0 aromatic carbocycles. The number of ether oxygens (including phenoxy) is 2. The Hall–Kier alpha value is -0.650. The van der Waals surface area contributed by atoms with Crippen molar-refractivity contribution < 1.29 is 14.3 Å². The predicted molar refractivity (Wildman–Crippen MR) is 65.7 cm³/mol. The van der Waals surface area contributed by atoms with E-state index in [-0.39, 0.29) is 18.1 Å². The molecule has 0 radical (unpaired) electrons. The molecule has 0 aromatic heterocycles. The molecule has 5 nitrogen and oxygen atoms in total. The molecule has 0 aromatic rings. The van der Waals surface area contributed by atoms with E-state index in [1.54, 1.807) is 0 Å². The Morgan fingerprint density at radius 1 is 1.59 bits per heavy atom. The van der Waals surface area contributed by atoms with Gasteiger partial charge in [-0.2, -0.15) is 0 Å². The Morgan fingerprint density at radius 3 is 2.94 bits per heavy atom. The number of hydrogen-bond acceptors (Lipinski definition) is 5. The standard InChI is InChI=1S/C12H24N2O3/c1-3-7-17-10-5-4-6-14(9-10)11(8-13)12(15)16-2/h10-11H,3-9,13H2,1-2H3. The Bertz CT molecular complexity index is 236. The Kier molecular flexibility index (Phi) is 6.47. The smallest absolute Gasteiger partial charge is 0.324 e. The summed E-state index contributed by atoms with van der Waals surface area (Å²) >= 11 is 0. The van der Waals surface area contributed by atoms with Crippen molar-refractivity contribution in [1.29, 1.82) is 0 Å². The van der Waals surface area contributed by atoms with Crippen LogP contribution in [-0.4, -0.2) is 56.4 Å². The Morgan fingerprint density at radius 2 is 2.35 bits per heavy atom. The highest BCUT2D eigenvalue weighted by molar-refractivity contribution is 5.75. The Balaban J connectivity index is 2.48. The number of nitrogens with zero attached hydrogens (tertiary/aromatic N) is 1. The van der Waals surface area contributed by atoms with Gasteiger partial charge in [0, 0.05) is 19.7 Å². The minimum atomic E-state index is -0.326. The lowest BCUT2D eigenvalue weighted by Crippen LogP contribution is -2.52. The van der Waals surface area contributed by atoms with Crippen LogP contribution in [0.3, 0.4) is 0 Å². The first-order valence-corrected chi connectivity index (χ1v) is 6.36. The summed E-state index contributed by atoms with van der Waals surface area (Å²) in [5.41, 5.74) is 5.64. The van der Waals surface area contributed by atoms with Gasteiger partial charge in [-0.1, -0.05) is 6.92 Å². The maximum Gasteiger partial charge on any atom is 0.324 e. The molecule has 2 unspecified atom stereocenters. The normalized spacial score (nSPS) is 23.4. The number of likely N-dealkylation sites (tertiary alicyclic amines) is 1. The molecule has 1 rings (SSSR count). The first-order valence-electron chi connectivity index (χ1n) is 6.36. The van der Waals surface area contributed by atoms with E-state index in [9.17, 15) is 4.79 Å². The maximum absolute atomic E-state index is 11.6. The molecule has 1 fully saturated rings. The average molecular weight is 244 g/mol. The molecule has 0 bridgehead atoms. The van der Waals surface area contributed by atoms with Crippen LogP contribution in [0.15, 0.2) is 0 Å². The summed E-state index contributed by atoms with van der Waals surface area (Å²) in [6.07, 6.45) is 3.35. The highest BCUT2D eigenvalue weighted by Gasteiger charge is 2.30. The van der Waals surface area contributed by atoms with Crippen LogP contribution < -0.4 is 5.73 Å². The van der Waals surface area contributed by atoms with E-state index in [4.69, 9.17) is 15.2 Å². The molecule has 0 aliphatic carbocycles. The van der Waals surface area contributed by atoms with E-state index in [0.29, 0.717) is 6.54 Å². The monoisotopic (exact) mass is 244 g/mol. The number of rotatable bonds is 6. The number of carbonyl (C=O) groups is 1. The largest absolute Gasteiger partial charge is 0.468 e. The molecule has 2 atom stereocenters. The maximum atomic E-state index is 11.6. The minimum Gasteiger partial charge on any atom is -0.468 e. The van der Waals surface area contributed by atoms with Gasteiger partial charge in [0.05, 0.1) is 13.2 Å². The van der Waals surface area contributed by atoms with Gasteiger partial charge >= 0.3 is 5.97 Å². The minimum absolute atomic E-state index is 0.224. The van der Waals surface area contributed by atoms with E-state index in [1.807, 2.05) is 0 Å². The molecule has 0 amide bonds. The van der Waals surface area contributed by atoms with E-state index in [1.165, 1.54) is 7.11 Å². The third-order valence-electron chi connectivity index (χ3n) is 3.10. The van der Waals surface area contributed by atoms with Gasteiger partial charge in [-0.05, 0) is 25.8 Å². The lowest BCUT2D eigenvalue weighted by Gasteiger charge is -2.36. The summed E-state index contributed by atoms with van der Waals surface area (Å²) in [4.78, 5) is 13.7. The van der Waals surface area contributed by atoms with Gasteiger partial charge < -0.3 is 15.2 Å². The van der Waals surface area contributed by atoms with Crippen molar-refractivity contribution in [2.45, 2.75) is 38.3 Å². The van der Waals surface area contributed by atoms with Crippen LogP contribution in [0.1, 0.15) is 26.2 Å². The number of piperidine rings is 1. The number of methoxy groups -OCH3 is 1. The van der Waals surface area contributed by atoms with Crippen molar-refractivity contribution in [2.75, 3.05) is 33.4 Å². The second kappa shape index (κ2) is 7.63. The molecule has 0 spiro atoms. The zero-order chi connectivity index (χ0) is 12.7. The summed E-state index contributed by atoms with van der Waals surface area (Å²) in [5, 5.41) is 0. The van der Waals surface area contributed by atoms with Crippen molar-refractivity contribution in [3.05, 3.63) is 0 Å². The lowest BCUT2D eigenvalue weighted by molar-refractivity contribution is -0.148. The van der Waals surface area contributed by atoms with Crippen LogP contribution >= 0.6 is 0 Å². The molecule has 1 aliphatic heterocycles. The van der Waals surface area contributed by atoms with Gasteiger partial charge in [0.2, 0.25) is 0 Å². The van der Waals surface area contributed by atoms with Crippen LogP contribution in [0, 0.1) is 0 Å². The van der Waals surface area contributed by atoms with Gasteiger partial charge in [-0.15, -0.1) is 0 Å². The fraction of sp³-hybridized carbons (Fsp3) is 0.917. The third kappa shape index (κ3) is 4.26. The number of nitrogens with two attached hydrogens (primary N) is 1. The molecule has 1 aliphatic rings.